The maximum atomic E-state index is 13.9. The molecule has 0 saturated carbocycles. The zero-order valence-electron chi connectivity index (χ0n) is 26.6. The fraction of sp³-hybridized carbons (Fsp3) is 0.588. The number of aryl methyl sites for hydroxylation is 1. The summed E-state index contributed by atoms with van der Waals surface area (Å²) in [5, 5.41) is 10.6. The summed E-state index contributed by atoms with van der Waals surface area (Å²) < 4.78 is 17.6. The maximum absolute atomic E-state index is 13.9. The Labute approximate surface area is 256 Å². The Morgan fingerprint density at radius 1 is 1.05 bits per heavy atom. The highest BCUT2D eigenvalue weighted by molar-refractivity contribution is 5.79. The molecule has 0 aromatic heterocycles. The molecule has 3 atom stereocenters. The minimum absolute atomic E-state index is 0.0801. The van der Waals surface area contributed by atoms with E-state index >= 15 is 0 Å². The third kappa shape index (κ3) is 8.63. The number of carbonyl (C=O) groups excluding carboxylic acids is 1. The predicted octanol–water partition coefficient (Wildman–Crippen LogP) is 4.64. The lowest BCUT2D eigenvalue weighted by Crippen LogP contribution is -2.45. The minimum atomic E-state index is -0.842. The SMILES string of the molecule is CCCCN(CCCC[N+](C)(C)C)C(=O)CN1C[C@H](c2ccc3c(c2)OCO3)[C@@H](C(=O)O)[C@@H]1CCc1ccccc1OC. The van der Waals surface area contributed by atoms with E-state index in [0.29, 0.717) is 30.9 Å². The van der Waals surface area contributed by atoms with Crippen LogP contribution in [0, 0.1) is 5.92 Å². The number of carboxylic acid groups (broad SMARTS) is 1. The van der Waals surface area contributed by atoms with Crippen LogP contribution in [0.3, 0.4) is 0 Å². The zero-order chi connectivity index (χ0) is 31.0. The number of methoxy groups -OCH3 is 1. The number of fused-ring (bicyclic) bond motifs is 1. The average Bonchev–Trinajstić information content (AvgIpc) is 3.59. The molecule has 1 fully saturated rings. The molecule has 2 aromatic carbocycles. The van der Waals surface area contributed by atoms with Crippen molar-refractivity contribution in [3.05, 3.63) is 53.6 Å². The lowest BCUT2D eigenvalue weighted by atomic mass is 9.83. The van der Waals surface area contributed by atoms with Crippen molar-refractivity contribution in [1.29, 1.82) is 0 Å². The molecule has 2 heterocycles. The van der Waals surface area contributed by atoms with Gasteiger partial charge in [-0.1, -0.05) is 37.6 Å². The number of likely N-dealkylation sites (tertiary alicyclic amines) is 1. The Bertz CT molecular complexity index is 1230. The van der Waals surface area contributed by atoms with Crippen LogP contribution in [0.5, 0.6) is 17.2 Å². The van der Waals surface area contributed by atoms with E-state index in [1.807, 2.05) is 47.4 Å². The highest BCUT2D eigenvalue weighted by atomic mass is 16.7. The van der Waals surface area contributed by atoms with Gasteiger partial charge in [0.15, 0.2) is 11.5 Å². The zero-order valence-corrected chi connectivity index (χ0v) is 26.6. The molecule has 9 nitrogen and oxygen atoms in total. The van der Waals surface area contributed by atoms with E-state index in [4.69, 9.17) is 14.2 Å². The fourth-order valence-corrected chi connectivity index (χ4v) is 6.42. The van der Waals surface area contributed by atoms with Crippen molar-refractivity contribution in [3.63, 3.8) is 0 Å². The number of aliphatic carboxylic acids is 1. The van der Waals surface area contributed by atoms with Gasteiger partial charge in [-0.2, -0.15) is 0 Å². The molecule has 0 spiro atoms. The molecule has 43 heavy (non-hydrogen) atoms. The van der Waals surface area contributed by atoms with Gasteiger partial charge in [0.25, 0.3) is 0 Å². The molecule has 0 unspecified atom stereocenters. The Morgan fingerprint density at radius 2 is 1.79 bits per heavy atom. The molecular weight excluding hydrogens is 546 g/mol. The third-order valence-electron chi connectivity index (χ3n) is 8.74. The van der Waals surface area contributed by atoms with Gasteiger partial charge in [0.2, 0.25) is 12.7 Å². The number of benzene rings is 2. The van der Waals surface area contributed by atoms with Gasteiger partial charge in [-0.15, -0.1) is 0 Å². The average molecular weight is 597 g/mol. The van der Waals surface area contributed by atoms with E-state index in [1.54, 1.807) is 7.11 Å². The van der Waals surface area contributed by atoms with Crippen molar-refractivity contribution in [2.45, 2.75) is 57.4 Å². The van der Waals surface area contributed by atoms with E-state index < -0.39 is 11.9 Å². The molecule has 1 amide bonds. The van der Waals surface area contributed by atoms with Gasteiger partial charge in [0, 0.05) is 31.6 Å². The number of quaternary nitrogens is 1. The molecule has 0 radical (unpaired) electrons. The van der Waals surface area contributed by atoms with Crippen LogP contribution in [-0.4, -0.2) is 105 Å². The lowest BCUT2D eigenvalue weighted by molar-refractivity contribution is -0.870. The topological polar surface area (TPSA) is 88.5 Å². The van der Waals surface area contributed by atoms with Crippen LogP contribution in [0.1, 0.15) is 56.1 Å². The first-order chi connectivity index (χ1) is 20.6. The van der Waals surface area contributed by atoms with Crippen LogP contribution in [0.15, 0.2) is 42.5 Å². The standard InChI is InChI=1S/C34H49N3O6/c1-6-7-18-35(19-10-11-20-37(2,3)4)32(38)23-36-22-27(26-15-17-30-31(21-26)43-24-42-30)33(34(39)40)28(36)16-14-25-12-8-9-13-29(25)41-5/h8-9,12-13,15,17,21,27-28,33H,6-7,10-11,14,16,18-20,22-24H2,1-5H3/p+1/t27-,28+,33-/m1/s1. The predicted molar refractivity (Wildman–Crippen MR) is 167 cm³/mol. The molecule has 1 N–H and O–H groups in total. The number of hydrogen-bond acceptors (Lipinski definition) is 6. The molecular formula is C34H50N3O6+. The number of para-hydroxylation sites is 1. The summed E-state index contributed by atoms with van der Waals surface area (Å²) in [4.78, 5) is 30.9. The monoisotopic (exact) mass is 596 g/mol. The molecule has 236 valence electrons. The molecule has 1 saturated heterocycles. The van der Waals surface area contributed by atoms with E-state index in [2.05, 4.69) is 33.0 Å². The van der Waals surface area contributed by atoms with Crippen LogP contribution in [0.25, 0.3) is 0 Å². The summed E-state index contributed by atoms with van der Waals surface area (Å²) in [5.41, 5.74) is 1.94. The molecule has 2 aliphatic heterocycles. The number of carbonyl (C=O) groups is 2. The van der Waals surface area contributed by atoms with Gasteiger partial charge in [-0.05, 0) is 61.4 Å². The van der Waals surface area contributed by atoms with Crippen LogP contribution in [0.2, 0.25) is 0 Å². The quantitative estimate of drug-likeness (QED) is 0.223. The number of hydrogen-bond donors (Lipinski definition) is 1. The van der Waals surface area contributed by atoms with Crippen molar-refractivity contribution >= 4 is 11.9 Å². The summed E-state index contributed by atoms with van der Waals surface area (Å²) >= 11 is 0. The largest absolute Gasteiger partial charge is 0.496 e. The van der Waals surface area contributed by atoms with Gasteiger partial charge in [-0.25, -0.2) is 0 Å². The van der Waals surface area contributed by atoms with Crippen LogP contribution >= 0.6 is 0 Å². The second kappa shape index (κ2) is 14.9. The molecule has 0 bridgehead atoms. The number of nitrogens with zero attached hydrogens (tertiary/aromatic N) is 3. The first kappa shape index (κ1) is 32.6. The van der Waals surface area contributed by atoms with E-state index in [9.17, 15) is 14.7 Å². The van der Waals surface area contributed by atoms with Crippen LogP contribution in [-0.2, 0) is 16.0 Å². The van der Waals surface area contributed by atoms with Crippen molar-refractivity contribution in [1.82, 2.24) is 9.80 Å². The number of carboxylic acids is 1. The summed E-state index contributed by atoms with van der Waals surface area (Å²) in [5.74, 6) is 0.392. The molecule has 2 aromatic rings. The van der Waals surface area contributed by atoms with Crippen molar-refractivity contribution < 1.29 is 33.4 Å². The van der Waals surface area contributed by atoms with Crippen molar-refractivity contribution in [2.24, 2.45) is 5.92 Å². The minimum Gasteiger partial charge on any atom is -0.496 e. The summed E-state index contributed by atoms with van der Waals surface area (Å²) in [6.45, 7) is 5.52. The van der Waals surface area contributed by atoms with Gasteiger partial charge >= 0.3 is 5.97 Å². The van der Waals surface area contributed by atoms with Gasteiger partial charge in [0.1, 0.15) is 5.75 Å². The normalized spacial score (nSPS) is 19.9. The lowest BCUT2D eigenvalue weighted by Gasteiger charge is -2.30. The molecule has 2 aliphatic rings. The number of amides is 1. The summed E-state index contributed by atoms with van der Waals surface area (Å²) in [7, 11) is 8.22. The highest BCUT2D eigenvalue weighted by Gasteiger charge is 2.47. The fourth-order valence-electron chi connectivity index (χ4n) is 6.42. The first-order valence-corrected chi connectivity index (χ1v) is 15.7. The maximum Gasteiger partial charge on any atom is 0.308 e. The second-order valence-electron chi connectivity index (χ2n) is 12.9. The smallest absolute Gasteiger partial charge is 0.308 e. The Hall–Kier alpha value is -3.30. The van der Waals surface area contributed by atoms with Gasteiger partial charge in [0.05, 0.1) is 47.3 Å². The summed E-state index contributed by atoms with van der Waals surface area (Å²) in [6, 6.07) is 13.3. The third-order valence-corrected chi connectivity index (χ3v) is 8.74. The van der Waals surface area contributed by atoms with Crippen molar-refractivity contribution in [3.8, 4) is 17.2 Å². The highest BCUT2D eigenvalue weighted by Crippen LogP contribution is 2.43. The number of unbranched alkanes of at least 4 members (excludes halogenated alkanes) is 2. The van der Waals surface area contributed by atoms with Crippen molar-refractivity contribution in [2.75, 3.05) is 67.8 Å². The van der Waals surface area contributed by atoms with E-state index in [0.717, 1.165) is 66.7 Å². The van der Waals surface area contributed by atoms with Crippen LogP contribution < -0.4 is 14.2 Å². The second-order valence-corrected chi connectivity index (χ2v) is 12.9. The van der Waals surface area contributed by atoms with E-state index in [1.165, 1.54) is 0 Å². The van der Waals surface area contributed by atoms with Gasteiger partial charge < -0.3 is 28.7 Å². The molecule has 4 rings (SSSR count). The summed E-state index contributed by atoms with van der Waals surface area (Å²) in [6.07, 6.45) is 5.24. The first-order valence-electron chi connectivity index (χ1n) is 15.7. The van der Waals surface area contributed by atoms with Gasteiger partial charge in [-0.3, -0.25) is 14.5 Å². The Kier molecular flexibility index (Phi) is 11.3. The van der Waals surface area contributed by atoms with Crippen LogP contribution in [0.4, 0.5) is 0 Å². The Morgan fingerprint density at radius 3 is 2.51 bits per heavy atom. The van der Waals surface area contributed by atoms with E-state index in [-0.39, 0.29) is 31.2 Å². The molecule has 0 aliphatic carbocycles. The number of ether oxygens (including phenoxy) is 3. The number of rotatable bonds is 16. The molecule has 9 heteroatoms. The Balaban J connectivity index is 1.56.